The number of carbonyl (C=O) groups excluding carboxylic acids is 1. The SMILES string of the molecule is CCOC(=O)/C(=C/c1ccccc1)CN(CC)CC. The van der Waals surface area contributed by atoms with Gasteiger partial charge in [-0.1, -0.05) is 44.2 Å². The summed E-state index contributed by atoms with van der Waals surface area (Å²) in [7, 11) is 0. The molecule has 1 aromatic rings. The van der Waals surface area contributed by atoms with Gasteiger partial charge in [-0.15, -0.1) is 0 Å². The van der Waals surface area contributed by atoms with E-state index in [-0.39, 0.29) is 5.97 Å². The molecule has 0 aliphatic rings. The van der Waals surface area contributed by atoms with E-state index in [0.29, 0.717) is 18.7 Å². The Bertz CT molecular complexity index is 408. The van der Waals surface area contributed by atoms with Crippen molar-refractivity contribution in [2.24, 2.45) is 0 Å². The highest BCUT2D eigenvalue weighted by Gasteiger charge is 2.13. The van der Waals surface area contributed by atoms with Crippen LogP contribution in [-0.2, 0) is 9.53 Å². The van der Waals surface area contributed by atoms with Crippen molar-refractivity contribution >= 4 is 12.0 Å². The van der Waals surface area contributed by atoms with E-state index in [4.69, 9.17) is 4.74 Å². The maximum atomic E-state index is 12.0. The maximum Gasteiger partial charge on any atom is 0.335 e. The first-order valence-corrected chi connectivity index (χ1v) is 6.86. The van der Waals surface area contributed by atoms with Crippen LogP contribution in [0.25, 0.3) is 6.08 Å². The smallest absolute Gasteiger partial charge is 0.335 e. The summed E-state index contributed by atoms with van der Waals surface area (Å²) >= 11 is 0. The van der Waals surface area contributed by atoms with Gasteiger partial charge in [0.1, 0.15) is 0 Å². The molecule has 0 unspecified atom stereocenters. The van der Waals surface area contributed by atoms with Crippen LogP contribution in [-0.4, -0.2) is 37.1 Å². The van der Waals surface area contributed by atoms with Crippen molar-refractivity contribution < 1.29 is 9.53 Å². The molecular formula is C16H23NO2. The minimum absolute atomic E-state index is 0.224. The first-order valence-electron chi connectivity index (χ1n) is 6.86. The summed E-state index contributed by atoms with van der Waals surface area (Å²) in [4.78, 5) is 14.2. The molecule has 0 spiro atoms. The van der Waals surface area contributed by atoms with Gasteiger partial charge in [0.25, 0.3) is 0 Å². The predicted octanol–water partition coefficient (Wildman–Crippen LogP) is 2.97. The topological polar surface area (TPSA) is 29.5 Å². The summed E-state index contributed by atoms with van der Waals surface area (Å²) in [6, 6.07) is 9.87. The zero-order valence-electron chi connectivity index (χ0n) is 12.1. The summed E-state index contributed by atoms with van der Waals surface area (Å²) < 4.78 is 5.13. The third-order valence-corrected chi connectivity index (χ3v) is 2.97. The molecule has 0 aliphatic carbocycles. The van der Waals surface area contributed by atoms with Crippen molar-refractivity contribution in [3.05, 3.63) is 41.5 Å². The minimum Gasteiger partial charge on any atom is -0.463 e. The Hall–Kier alpha value is -1.61. The first kappa shape index (κ1) is 15.4. The summed E-state index contributed by atoms with van der Waals surface area (Å²) in [5.41, 5.74) is 1.73. The van der Waals surface area contributed by atoms with Crippen molar-refractivity contribution in [1.82, 2.24) is 4.90 Å². The summed E-state index contributed by atoms with van der Waals surface area (Å²) in [6.07, 6.45) is 1.91. The molecular weight excluding hydrogens is 238 g/mol. The zero-order chi connectivity index (χ0) is 14.1. The fourth-order valence-electron chi connectivity index (χ4n) is 1.83. The molecule has 19 heavy (non-hydrogen) atoms. The summed E-state index contributed by atoms with van der Waals surface area (Å²) in [6.45, 7) is 8.88. The molecule has 1 aromatic carbocycles. The largest absolute Gasteiger partial charge is 0.463 e. The van der Waals surface area contributed by atoms with Crippen LogP contribution in [0.3, 0.4) is 0 Å². The number of rotatable bonds is 7. The number of carbonyl (C=O) groups is 1. The van der Waals surface area contributed by atoms with Gasteiger partial charge in [-0.05, 0) is 31.7 Å². The number of nitrogens with zero attached hydrogens (tertiary/aromatic N) is 1. The van der Waals surface area contributed by atoms with E-state index in [0.717, 1.165) is 18.7 Å². The van der Waals surface area contributed by atoms with Crippen molar-refractivity contribution in [3.8, 4) is 0 Å². The predicted molar refractivity (Wildman–Crippen MR) is 78.8 cm³/mol. The van der Waals surface area contributed by atoms with Gasteiger partial charge in [0.2, 0.25) is 0 Å². The molecule has 1 rings (SSSR count). The third kappa shape index (κ3) is 5.26. The van der Waals surface area contributed by atoms with E-state index in [1.165, 1.54) is 0 Å². The van der Waals surface area contributed by atoms with Crippen LogP contribution < -0.4 is 0 Å². The van der Waals surface area contributed by atoms with E-state index in [1.807, 2.05) is 43.3 Å². The molecule has 0 fully saturated rings. The Labute approximate surface area is 115 Å². The van der Waals surface area contributed by atoms with Gasteiger partial charge in [-0.3, -0.25) is 4.90 Å². The average molecular weight is 261 g/mol. The number of esters is 1. The van der Waals surface area contributed by atoms with Crippen molar-refractivity contribution in [2.75, 3.05) is 26.2 Å². The highest BCUT2D eigenvalue weighted by atomic mass is 16.5. The monoisotopic (exact) mass is 261 g/mol. The van der Waals surface area contributed by atoms with E-state index in [9.17, 15) is 4.79 Å². The molecule has 3 heteroatoms. The van der Waals surface area contributed by atoms with E-state index in [2.05, 4.69) is 18.7 Å². The lowest BCUT2D eigenvalue weighted by molar-refractivity contribution is -0.138. The fourth-order valence-corrected chi connectivity index (χ4v) is 1.83. The van der Waals surface area contributed by atoms with Gasteiger partial charge in [-0.2, -0.15) is 0 Å². The highest BCUT2D eigenvalue weighted by molar-refractivity contribution is 5.94. The molecule has 0 saturated carbocycles. The van der Waals surface area contributed by atoms with Gasteiger partial charge in [0.05, 0.1) is 12.2 Å². The van der Waals surface area contributed by atoms with Crippen LogP contribution in [0.15, 0.2) is 35.9 Å². The molecule has 0 bridgehead atoms. The number of hydrogen-bond acceptors (Lipinski definition) is 3. The molecule has 104 valence electrons. The summed E-state index contributed by atoms with van der Waals surface area (Å²) in [5.74, 6) is -0.224. The van der Waals surface area contributed by atoms with E-state index in [1.54, 1.807) is 0 Å². The van der Waals surface area contributed by atoms with Gasteiger partial charge in [0.15, 0.2) is 0 Å². The molecule has 0 heterocycles. The molecule has 0 aliphatic heterocycles. The zero-order valence-corrected chi connectivity index (χ0v) is 12.1. The Kier molecular flexibility index (Phi) is 6.90. The highest BCUT2D eigenvalue weighted by Crippen LogP contribution is 2.10. The molecule has 0 radical (unpaired) electrons. The van der Waals surface area contributed by atoms with Gasteiger partial charge < -0.3 is 4.74 Å². The fraction of sp³-hybridized carbons (Fsp3) is 0.438. The van der Waals surface area contributed by atoms with Crippen LogP contribution in [0.4, 0.5) is 0 Å². The molecule has 0 atom stereocenters. The Balaban J connectivity index is 2.91. The normalized spacial score (nSPS) is 11.7. The molecule has 0 aromatic heterocycles. The van der Waals surface area contributed by atoms with Crippen molar-refractivity contribution in [1.29, 1.82) is 0 Å². The molecule has 0 N–H and O–H groups in total. The summed E-state index contributed by atoms with van der Waals surface area (Å²) in [5, 5.41) is 0. The Morgan fingerprint density at radius 3 is 2.32 bits per heavy atom. The first-order chi connectivity index (χ1) is 9.21. The van der Waals surface area contributed by atoms with Gasteiger partial charge in [-0.25, -0.2) is 4.79 Å². The van der Waals surface area contributed by atoms with Crippen LogP contribution in [0.1, 0.15) is 26.3 Å². The Morgan fingerprint density at radius 2 is 1.79 bits per heavy atom. The lowest BCUT2D eigenvalue weighted by Gasteiger charge is -2.19. The number of ether oxygens (including phenoxy) is 1. The second-order valence-corrected chi connectivity index (χ2v) is 4.26. The quantitative estimate of drug-likeness (QED) is 0.558. The van der Waals surface area contributed by atoms with Crippen LogP contribution in [0, 0.1) is 0 Å². The number of benzene rings is 1. The lowest BCUT2D eigenvalue weighted by Crippen LogP contribution is -2.28. The lowest BCUT2D eigenvalue weighted by atomic mass is 10.1. The van der Waals surface area contributed by atoms with Gasteiger partial charge in [0, 0.05) is 6.54 Å². The van der Waals surface area contributed by atoms with Crippen LogP contribution in [0.2, 0.25) is 0 Å². The van der Waals surface area contributed by atoms with E-state index >= 15 is 0 Å². The average Bonchev–Trinajstić information content (AvgIpc) is 2.44. The maximum absolute atomic E-state index is 12.0. The van der Waals surface area contributed by atoms with Crippen LogP contribution >= 0.6 is 0 Å². The second-order valence-electron chi connectivity index (χ2n) is 4.26. The number of likely N-dealkylation sites (N-methyl/N-ethyl adjacent to an activating group) is 1. The second kappa shape index (κ2) is 8.48. The molecule has 0 amide bonds. The standard InChI is InChI=1S/C16H23NO2/c1-4-17(5-2)13-15(16(18)19-6-3)12-14-10-8-7-9-11-14/h7-12H,4-6,13H2,1-3H3/b15-12+. The van der Waals surface area contributed by atoms with Gasteiger partial charge >= 0.3 is 5.97 Å². The van der Waals surface area contributed by atoms with Crippen LogP contribution in [0.5, 0.6) is 0 Å². The van der Waals surface area contributed by atoms with Crippen molar-refractivity contribution in [3.63, 3.8) is 0 Å². The molecule has 3 nitrogen and oxygen atoms in total. The third-order valence-electron chi connectivity index (χ3n) is 2.97. The van der Waals surface area contributed by atoms with E-state index < -0.39 is 0 Å². The molecule has 0 saturated heterocycles. The van der Waals surface area contributed by atoms with Crippen molar-refractivity contribution in [2.45, 2.75) is 20.8 Å². The Morgan fingerprint density at radius 1 is 1.16 bits per heavy atom. The minimum atomic E-state index is -0.224. The number of hydrogen-bond donors (Lipinski definition) is 0.